The van der Waals surface area contributed by atoms with Crippen molar-refractivity contribution in [2.45, 2.75) is 0 Å². The third kappa shape index (κ3) is 4.09. The number of ether oxygens (including phenoxy) is 1. The topological polar surface area (TPSA) is 29.5 Å². The Morgan fingerprint density at radius 2 is 1.77 bits per heavy atom. The molecule has 22 heavy (non-hydrogen) atoms. The summed E-state index contributed by atoms with van der Waals surface area (Å²) in [5.41, 5.74) is -0.0374. The van der Waals surface area contributed by atoms with Crippen LogP contribution in [0.1, 0.15) is 10.4 Å². The Morgan fingerprint density at radius 3 is 2.36 bits per heavy atom. The van der Waals surface area contributed by atoms with Gasteiger partial charge in [0, 0.05) is 25.3 Å². The van der Waals surface area contributed by atoms with Gasteiger partial charge in [-0.1, -0.05) is 23.7 Å². The van der Waals surface area contributed by atoms with Crippen LogP contribution in [0.15, 0.2) is 60.5 Å². The van der Waals surface area contributed by atoms with Gasteiger partial charge in [0.05, 0.1) is 5.56 Å². The van der Waals surface area contributed by atoms with Crippen molar-refractivity contribution in [3.8, 4) is 5.75 Å². The van der Waals surface area contributed by atoms with Crippen molar-refractivity contribution >= 4 is 17.4 Å². The lowest BCUT2D eigenvalue weighted by Crippen LogP contribution is -2.15. The first kappa shape index (κ1) is 16.0. The summed E-state index contributed by atoms with van der Waals surface area (Å²) in [6, 6.07) is 12.4. The molecule has 114 valence electrons. The highest BCUT2D eigenvalue weighted by Gasteiger charge is 2.18. The second kappa shape index (κ2) is 7.09. The quantitative estimate of drug-likeness (QED) is 0.471. The summed E-state index contributed by atoms with van der Waals surface area (Å²) < 4.78 is 19.4. The molecule has 0 amide bonds. The molecule has 0 aliphatic heterocycles. The van der Waals surface area contributed by atoms with Crippen LogP contribution in [0.5, 0.6) is 5.75 Å². The molecule has 0 heterocycles. The molecule has 0 aliphatic carbocycles. The van der Waals surface area contributed by atoms with Crippen LogP contribution in [-0.4, -0.2) is 24.8 Å². The highest BCUT2D eigenvalue weighted by molar-refractivity contribution is 6.30. The lowest BCUT2D eigenvalue weighted by atomic mass is 10.1. The number of Topliss-reactive ketones (excluding diaryl/α,β-unsaturated/α-hetero) is 1. The molecule has 0 unspecified atom stereocenters. The van der Waals surface area contributed by atoms with E-state index in [2.05, 4.69) is 0 Å². The Bertz CT molecular complexity index is 696. The van der Waals surface area contributed by atoms with Gasteiger partial charge in [0.25, 0.3) is 0 Å². The van der Waals surface area contributed by atoms with Crippen LogP contribution in [0.25, 0.3) is 0 Å². The second-order valence-corrected chi connectivity index (χ2v) is 5.26. The number of carbonyl (C=O) groups excluding carboxylic acids is 1. The van der Waals surface area contributed by atoms with Crippen molar-refractivity contribution in [2.75, 3.05) is 14.1 Å². The minimum atomic E-state index is -0.586. The molecule has 0 N–H and O–H groups in total. The fourth-order valence-electron chi connectivity index (χ4n) is 1.77. The lowest BCUT2D eigenvalue weighted by Gasteiger charge is -2.13. The maximum atomic E-state index is 13.8. The van der Waals surface area contributed by atoms with Crippen LogP contribution in [-0.2, 0) is 0 Å². The number of ketones is 1. The van der Waals surface area contributed by atoms with Crippen molar-refractivity contribution in [3.63, 3.8) is 0 Å². The van der Waals surface area contributed by atoms with Gasteiger partial charge in [-0.25, -0.2) is 4.39 Å². The number of benzene rings is 2. The highest BCUT2D eigenvalue weighted by Crippen LogP contribution is 2.20. The van der Waals surface area contributed by atoms with Crippen LogP contribution < -0.4 is 4.74 Å². The maximum absolute atomic E-state index is 13.8. The Kier molecular flexibility index (Phi) is 5.17. The molecule has 2 aromatic rings. The number of nitrogens with zero attached hydrogens (tertiary/aromatic N) is 1. The fourth-order valence-corrected chi connectivity index (χ4v) is 1.90. The molecule has 0 spiro atoms. The normalized spacial score (nSPS) is 11.2. The minimum Gasteiger partial charge on any atom is -0.452 e. The van der Waals surface area contributed by atoms with Crippen LogP contribution in [0, 0.1) is 5.82 Å². The van der Waals surface area contributed by atoms with Crippen molar-refractivity contribution < 1.29 is 13.9 Å². The standard InChI is InChI=1S/C17H15ClFNO2/c1-20(2)11-16(22-13-9-7-12(18)8-10-13)17(21)14-5-3-4-6-15(14)19/h3-11H,1-2H3. The fraction of sp³-hybridized carbons (Fsp3) is 0.118. The Balaban J connectivity index is 2.33. The predicted molar refractivity (Wildman–Crippen MR) is 84.6 cm³/mol. The third-order valence-corrected chi connectivity index (χ3v) is 3.01. The zero-order chi connectivity index (χ0) is 16.1. The molecule has 0 fully saturated rings. The van der Waals surface area contributed by atoms with Gasteiger partial charge in [-0.3, -0.25) is 4.79 Å². The summed E-state index contributed by atoms with van der Waals surface area (Å²) in [7, 11) is 3.50. The van der Waals surface area contributed by atoms with E-state index in [9.17, 15) is 9.18 Å². The van der Waals surface area contributed by atoms with E-state index in [-0.39, 0.29) is 11.3 Å². The number of allylic oxidation sites excluding steroid dienone is 1. The average Bonchev–Trinajstić information content (AvgIpc) is 2.48. The molecule has 2 rings (SSSR count). The first-order valence-electron chi connectivity index (χ1n) is 6.58. The van der Waals surface area contributed by atoms with Crippen LogP contribution >= 0.6 is 11.6 Å². The highest BCUT2D eigenvalue weighted by atomic mass is 35.5. The van der Waals surface area contributed by atoms with Gasteiger partial charge in [0.2, 0.25) is 5.78 Å². The van der Waals surface area contributed by atoms with E-state index in [1.807, 2.05) is 0 Å². The van der Waals surface area contributed by atoms with Gasteiger partial charge in [-0.05, 0) is 36.4 Å². The molecule has 2 aromatic carbocycles. The van der Waals surface area contributed by atoms with Gasteiger partial charge in [0.15, 0.2) is 5.76 Å². The largest absolute Gasteiger partial charge is 0.452 e. The molecular weight excluding hydrogens is 305 g/mol. The number of hydrogen-bond donors (Lipinski definition) is 0. The predicted octanol–water partition coefficient (Wildman–Crippen LogP) is 4.14. The number of hydrogen-bond acceptors (Lipinski definition) is 3. The molecule has 0 saturated carbocycles. The molecule has 0 saturated heterocycles. The summed E-state index contributed by atoms with van der Waals surface area (Å²) in [6.45, 7) is 0. The maximum Gasteiger partial charge on any atom is 0.232 e. The third-order valence-electron chi connectivity index (χ3n) is 2.76. The molecule has 3 nitrogen and oxygen atoms in total. The number of carbonyl (C=O) groups is 1. The van der Waals surface area contributed by atoms with E-state index in [4.69, 9.17) is 16.3 Å². The summed E-state index contributed by atoms with van der Waals surface area (Å²) >= 11 is 5.82. The molecular formula is C17H15ClFNO2. The summed E-state index contributed by atoms with van der Waals surface area (Å²) in [5.74, 6) is -0.641. The van der Waals surface area contributed by atoms with Crippen LogP contribution in [0.2, 0.25) is 5.02 Å². The first-order chi connectivity index (χ1) is 10.5. The van der Waals surface area contributed by atoms with Gasteiger partial charge in [-0.15, -0.1) is 0 Å². The molecule has 0 aromatic heterocycles. The summed E-state index contributed by atoms with van der Waals surface area (Å²) in [6.07, 6.45) is 1.50. The number of rotatable bonds is 5. The first-order valence-corrected chi connectivity index (χ1v) is 6.96. The molecule has 5 heteroatoms. The molecule has 0 aliphatic rings. The van der Waals surface area contributed by atoms with E-state index in [1.165, 1.54) is 24.4 Å². The van der Waals surface area contributed by atoms with Gasteiger partial charge in [-0.2, -0.15) is 0 Å². The molecule has 0 radical (unpaired) electrons. The van der Waals surface area contributed by atoms with Crippen molar-refractivity contribution in [1.82, 2.24) is 4.90 Å². The van der Waals surface area contributed by atoms with Crippen LogP contribution in [0.3, 0.4) is 0 Å². The monoisotopic (exact) mass is 319 g/mol. The van der Waals surface area contributed by atoms with E-state index < -0.39 is 11.6 Å². The smallest absolute Gasteiger partial charge is 0.232 e. The SMILES string of the molecule is CN(C)C=C(Oc1ccc(Cl)cc1)C(=O)c1ccccc1F. The van der Waals surface area contributed by atoms with Crippen molar-refractivity contribution in [3.05, 3.63) is 76.9 Å². The Hall–Kier alpha value is -2.33. The van der Waals surface area contributed by atoms with Crippen molar-refractivity contribution in [1.29, 1.82) is 0 Å². The zero-order valence-electron chi connectivity index (χ0n) is 12.2. The Morgan fingerprint density at radius 1 is 1.14 bits per heavy atom. The van der Waals surface area contributed by atoms with E-state index in [1.54, 1.807) is 49.3 Å². The van der Waals surface area contributed by atoms with Gasteiger partial charge < -0.3 is 9.64 Å². The summed E-state index contributed by atoms with van der Waals surface area (Å²) in [4.78, 5) is 14.1. The molecule has 0 atom stereocenters. The van der Waals surface area contributed by atoms with E-state index >= 15 is 0 Å². The number of halogens is 2. The van der Waals surface area contributed by atoms with Crippen molar-refractivity contribution in [2.24, 2.45) is 0 Å². The molecule has 0 bridgehead atoms. The van der Waals surface area contributed by atoms with E-state index in [0.717, 1.165) is 0 Å². The lowest BCUT2D eigenvalue weighted by molar-refractivity contribution is 0.0978. The van der Waals surface area contributed by atoms with E-state index in [0.29, 0.717) is 10.8 Å². The summed E-state index contributed by atoms with van der Waals surface area (Å²) in [5, 5.41) is 0.561. The second-order valence-electron chi connectivity index (χ2n) is 4.82. The average molecular weight is 320 g/mol. The Labute approximate surface area is 133 Å². The van der Waals surface area contributed by atoms with Gasteiger partial charge in [0.1, 0.15) is 11.6 Å². The van der Waals surface area contributed by atoms with Crippen LogP contribution in [0.4, 0.5) is 4.39 Å². The zero-order valence-corrected chi connectivity index (χ0v) is 13.0. The minimum absolute atomic E-state index is 0.0254. The van der Waals surface area contributed by atoms with Gasteiger partial charge >= 0.3 is 0 Å².